The van der Waals surface area contributed by atoms with Crippen LogP contribution in [0.15, 0.2) is 12.2 Å². The molecule has 0 bridgehead atoms. The van der Waals surface area contributed by atoms with Crippen LogP contribution in [-0.4, -0.2) is 12.3 Å². The summed E-state index contributed by atoms with van der Waals surface area (Å²) in [7, 11) is 0. The van der Waals surface area contributed by atoms with Gasteiger partial charge in [0.05, 0.1) is 6.04 Å². The van der Waals surface area contributed by atoms with E-state index in [1.54, 1.807) is 5.57 Å². The van der Waals surface area contributed by atoms with Gasteiger partial charge in [0.2, 0.25) is 0 Å². The Balaban J connectivity index is 1.35. The first kappa shape index (κ1) is 20.3. The molecular weight excluding hydrogens is 354 g/mol. The van der Waals surface area contributed by atoms with Gasteiger partial charge in [-0.15, -0.1) is 0 Å². The van der Waals surface area contributed by atoms with Gasteiger partial charge < -0.3 is 10.5 Å². The zero-order chi connectivity index (χ0) is 20.0. The Morgan fingerprint density at radius 2 is 1.72 bits per heavy atom. The molecule has 2 heteroatoms. The maximum absolute atomic E-state index is 11.9. The maximum Gasteiger partial charge on any atom is 0.137 e. The third-order valence-electron chi connectivity index (χ3n) is 10.6. The Labute approximate surface area is 178 Å². The summed E-state index contributed by atoms with van der Waals surface area (Å²) >= 11 is 0. The van der Waals surface area contributed by atoms with Gasteiger partial charge in [-0.25, -0.2) is 0 Å². The molecule has 7 atom stereocenters. The van der Waals surface area contributed by atoms with Crippen LogP contribution in [0.4, 0.5) is 0 Å². The number of rotatable bonds is 6. The third kappa shape index (κ3) is 3.46. The molecule has 0 aromatic rings. The minimum atomic E-state index is -0.236. The minimum absolute atomic E-state index is 0.134. The summed E-state index contributed by atoms with van der Waals surface area (Å²) < 4.78 is 0. The monoisotopic (exact) mass is 397 g/mol. The van der Waals surface area contributed by atoms with Crippen molar-refractivity contribution in [1.82, 2.24) is 0 Å². The predicted octanol–water partition coefficient (Wildman–Crippen LogP) is 6.29. The fraction of sp³-hybridized carbons (Fsp3) is 0.889. The average Bonchev–Trinajstić information content (AvgIpc) is 3.09. The lowest BCUT2D eigenvalue weighted by molar-refractivity contribution is -0.110. The summed E-state index contributed by atoms with van der Waals surface area (Å²) in [5, 5.41) is 0. The highest BCUT2D eigenvalue weighted by molar-refractivity contribution is 5.61. The largest absolute Gasteiger partial charge is 0.321 e. The van der Waals surface area contributed by atoms with Crippen LogP contribution >= 0.6 is 0 Å². The Bertz CT molecular complexity index is 616. The Hall–Kier alpha value is -0.630. The zero-order valence-electron chi connectivity index (χ0n) is 18.5. The molecule has 0 amide bonds. The van der Waals surface area contributed by atoms with E-state index in [0.717, 1.165) is 35.9 Å². The first-order valence-electron chi connectivity index (χ1n) is 13.0. The normalized spacial score (nSPS) is 44.2. The summed E-state index contributed by atoms with van der Waals surface area (Å²) in [6, 6.07) is -0.236. The number of aldehydes is 1. The second-order valence-corrected chi connectivity index (χ2v) is 11.7. The van der Waals surface area contributed by atoms with Crippen LogP contribution in [0.5, 0.6) is 0 Å². The Morgan fingerprint density at radius 3 is 2.45 bits per heavy atom. The number of hydrogen-bond acceptors (Lipinski definition) is 2. The van der Waals surface area contributed by atoms with Crippen molar-refractivity contribution >= 4 is 6.29 Å². The summed E-state index contributed by atoms with van der Waals surface area (Å²) in [6.45, 7) is 4.57. The molecule has 0 spiro atoms. The molecule has 0 aromatic heterocycles. The molecule has 0 radical (unpaired) electrons. The van der Waals surface area contributed by atoms with Gasteiger partial charge in [0.15, 0.2) is 0 Å². The quantitative estimate of drug-likeness (QED) is 0.423. The highest BCUT2D eigenvalue weighted by Gasteiger charge is 2.70. The molecule has 2 nitrogen and oxygen atoms in total. The van der Waals surface area contributed by atoms with Crippen molar-refractivity contribution in [1.29, 1.82) is 0 Å². The fourth-order valence-electron chi connectivity index (χ4n) is 9.08. The van der Waals surface area contributed by atoms with Crippen LogP contribution in [0.25, 0.3) is 0 Å². The second-order valence-electron chi connectivity index (χ2n) is 11.7. The van der Waals surface area contributed by atoms with E-state index >= 15 is 0 Å². The van der Waals surface area contributed by atoms with Gasteiger partial charge >= 0.3 is 0 Å². The first-order valence-corrected chi connectivity index (χ1v) is 13.0. The molecule has 0 heterocycles. The number of fused-ring (bicyclic) bond motifs is 3. The lowest BCUT2D eigenvalue weighted by atomic mass is 9.77. The van der Waals surface area contributed by atoms with Crippen LogP contribution < -0.4 is 5.73 Å². The van der Waals surface area contributed by atoms with Crippen molar-refractivity contribution in [2.24, 2.45) is 52.6 Å². The SMILES string of the molecule is C=C1CCC2C(C3CC(C4CCCCC4)CC13)C2(CCC1CCCC1)C(N)C=O. The lowest BCUT2D eigenvalue weighted by Gasteiger charge is -2.29. The molecule has 7 unspecified atom stereocenters. The standard InChI is InChI=1S/C27H43NO/c1-18-11-12-24-26(23-16-21(15-22(18)23)20-9-3-2-4-10-20)27(24,25(28)17-29)14-13-19-7-5-6-8-19/h17,19-26H,1-16,28H2. The average molecular weight is 398 g/mol. The molecule has 2 N–H and O–H groups in total. The van der Waals surface area contributed by atoms with E-state index in [1.807, 2.05) is 0 Å². The minimum Gasteiger partial charge on any atom is -0.321 e. The van der Waals surface area contributed by atoms with E-state index in [9.17, 15) is 4.79 Å². The molecule has 0 aliphatic heterocycles. The molecule has 162 valence electrons. The fourth-order valence-corrected chi connectivity index (χ4v) is 9.08. The topological polar surface area (TPSA) is 43.1 Å². The van der Waals surface area contributed by atoms with E-state index < -0.39 is 0 Å². The smallest absolute Gasteiger partial charge is 0.137 e. The van der Waals surface area contributed by atoms with Crippen molar-refractivity contribution < 1.29 is 4.79 Å². The molecule has 5 aliphatic carbocycles. The van der Waals surface area contributed by atoms with E-state index in [1.165, 1.54) is 96.3 Å². The predicted molar refractivity (Wildman–Crippen MR) is 119 cm³/mol. The summed E-state index contributed by atoms with van der Waals surface area (Å²) in [5.41, 5.74) is 8.29. The highest BCUT2D eigenvalue weighted by atomic mass is 16.1. The van der Waals surface area contributed by atoms with Gasteiger partial charge in [0.25, 0.3) is 0 Å². The Morgan fingerprint density at radius 1 is 1.00 bits per heavy atom. The van der Waals surface area contributed by atoms with Crippen molar-refractivity contribution in [3.8, 4) is 0 Å². The molecule has 5 fully saturated rings. The number of nitrogens with two attached hydrogens (primary N) is 1. The molecule has 5 rings (SSSR count). The number of carbonyl (C=O) groups excluding carboxylic acids is 1. The molecule has 0 aromatic carbocycles. The van der Waals surface area contributed by atoms with Gasteiger partial charge in [-0.2, -0.15) is 0 Å². The van der Waals surface area contributed by atoms with E-state index in [2.05, 4.69) is 6.58 Å². The molecule has 0 saturated heterocycles. The number of hydrogen-bond donors (Lipinski definition) is 1. The zero-order valence-corrected chi connectivity index (χ0v) is 18.5. The Kier molecular flexibility index (Phi) is 5.69. The molecular formula is C27H43NO. The van der Waals surface area contributed by atoms with Gasteiger partial charge in [-0.05, 0) is 85.4 Å². The maximum atomic E-state index is 11.9. The van der Waals surface area contributed by atoms with Crippen LogP contribution in [0.2, 0.25) is 0 Å². The van der Waals surface area contributed by atoms with Crippen molar-refractivity contribution in [3.05, 3.63) is 12.2 Å². The van der Waals surface area contributed by atoms with Gasteiger partial charge in [-0.1, -0.05) is 69.9 Å². The summed E-state index contributed by atoms with van der Waals surface area (Å²) in [5.74, 6) is 5.69. The van der Waals surface area contributed by atoms with Gasteiger partial charge in [0.1, 0.15) is 6.29 Å². The van der Waals surface area contributed by atoms with Crippen LogP contribution in [-0.2, 0) is 4.79 Å². The third-order valence-corrected chi connectivity index (χ3v) is 10.6. The number of allylic oxidation sites excluding steroid dienone is 1. The van der Waals surface area contributed by atoms with Gasteiger partial charge in [0, 0.05) is 0 Å². The highest BCUT2D eigenvalue weighted by Crippen LogP contribution is 2.73. The van der Waals surface area contributed by atoms with Gasteiger partial charge in [-0.3, -0.25) is 0 Å². The second kappa shape index (κ2) is 8.13. The molecule has 5 saturated carbocycles. The lowest BCUT2D eigenvalue weighted by Crippen LogP contribution is -2.37. The summed E-state index contributed by atoms with van der Waals surface area (Å²) in [4.78, 5) is 11.9. The van der Waals surface area contributed by atoms with E-state index in [0.29, 0.717) is 11.8 Å². The van der Waals surface area contributed by atoms with E-state index in [-0.39, 0.29) is 11.5 Å². The van der Waals surface area contributed by atoms with Crippen LogP contribution in [0, 0.1) is 46.8 Å². The van der Waals surface area contributed by atoms with Crippen molar-refractivity contribution in [3.63, 3.8) is 0 Å². The number of carbonyl (C=O) groups is 1. The van der Waals surface area contributed by atoms with E-state index in [4.69, 9.17) is 5.73 Å². The van der Waals surface area contributed by atoms with Crippen LogP contribution in [0.3, 0.4) is 0 Å². The summed E-state index contributed by atoms with van der Waals surface area (Å²) in [6.07, 6.45) is 21.8. The first-order chi connectivity index (χ1) is 14.1. The van der Waals surface area contributed by atoms with Crippen molar-refractivity contribution in [2.45, 2.75) is 102 Å². The van der Waals surface area contributed by atoms with Crippen molar-refractivity contribution in [2.75, 3.05) is 0 Å². The molecule has 29 heavy (non-hydrogen) atoms. The molecule has 5 aliphatic rings. The van der Waals surface area contributed by atoms with Crippen LogP contribution in [0.1, 0.15) is 96.3 Å².